The number of ether oxygens (including phenoxy) is 1. The van der Waals surface area contributed by atoms with Crippen LogP contribution in [0.5, 0.6) is 5.75 Å². The maximum atomic E-state index is 11.5. The molecule has 0 amide bonds. The highest BCUT2D eigenvalue weighted by molar-refractivity contribution is 5.86. The van der Waals surface area contributed by atoms with Crippen LogP contribution in [0.15, 0.2) is 36.7 Å². The number of esters is 1. The summed E-state index contributed by atoms with van der Waals surface area (Å²) in [5, 5.41) is 18.8. The summed E-state index contributed by atoms with van der Waals surface area (Å²) in [6.45, 7) is 11.6. The van der Waals surface area contributed by atoms with Crippen LogP contribution in [0.3, 0.4) is 0 Å². The van der Waals surface area contributed by atoms with Crippen molar-refractivity contribution in [3.63, 3.8) is 0 Å². The molecule has 0 atom stereocenters. The van der Waals surface area contributed by atoms with Gasteiger partial charge in [0.15, 0.2) is 0 Å². The number of carbonyl (C=O) groups excluding carboxylic acids is 1. The third-order valence-corrected chi connectivity index (χ3v) is 3.62. The van der Waals surface area contributed by atoms with Gasteiger partial charge in [-0.05, 0) is 29.5 Å². The molecule has 2 rings (SSSR count). The van der Waals surface area contributed by atoms with Gasteiger partial charge in [0.2, 0.25) is 0 Å². The van der Waals surface area contributed by atoms with Crippen LogP contribution in [0.1, 0.15) is 38.8 Å². The van der Waals surface area contributed by atoms with E-state index in [-0.39, 0.29) is 17.8 Å². The van der Waals surface area contributed by atoms with Gasteiger partial charge in [0.1, 0.15) is 11.4 Å². The third kappa shape index (κ3) is 4.01. The second-order valence-electron chi connectivity index (χ2n) is 6.74. The standard InChI is InChI=1S/C18H23N3O3/c1-12(2)17(23)24-9-6-13-10-14(18(3,4)5)11-15(16(13)22)21-19-7-8-20-21/h7-8,10-11,22H,1,6,9H2,2-5H3. The van der Waals surface area contributed by atoms with Gasteiger partial charge in [-0.1, -0.05) is 33.4 Å². The lowest BCUT2D eigenvalue weighted by molar-refractivity contribution is -0.138. The van der Waals surface area contributed by atoms with Gasteiger partial charge >= 0.3 is 5.97 Å². The third-order valence-electron chi connectivity index (χ3n) is 3.62. The Morgan fingerprint density at radius 1 is 1.29 bits per heavy atom. The van der Waals surface area contributed by atoms with E-state index < -0.39 is 5.97 Å². The smallest absolute Gasteiger partial charge is 0.333 e. The second-order valence-corrected chi connectivity index (χ2v) is 6.74. The average Bonchev–Trinajstić information content (AvgIpc) is 3.01. The molecule has 0 radical (unpaired) electrons. The summed E-state index contributed by atoms with van der Waals surface area (Å²) in [4.78, 5) is 12.9. The first kappa shape index (κ1) is 17.7. The largest absolute Gasteiger partial charge is 0.505 e. The molecule has 0 aliphatic heterocycles. The minimum absolute atomic E-state index is 0.0885. The van der Waals surface area contributed by atoms with Gasteiger partial charge in [0.05, 0.1) is 19.0 Å². The van der Waals surface area contributed by atoms with Crippen LogP contribution in [0.25, 0.3) is 5.69 Å². The van der Waals surface area contributed by atoms with E-state index in [4.69, 9.17) is 4.74 Å². The van der Waals surface area contributed by atoms with Crippen molar-refractivity contribution in [1.82, 2.24) is 15.0 Å². The first-order valence-electron chi connectivity index (χ1n) is 7.76. The zero-order chi connectivity index (χ0) is 17.9. The molecule has 6 heteroatoms. The topological polar surface area (TPSA) is 77.2 Å². The summed E-state index contributed by atoms with van der Waals surface area (Å²) in [5.41, 5.74) is 2.47. The van der Waals surface area contributed by atoms with Gasteiger partial charge in [-0.15, -0.1) is 4.80 Å². The fraction of sp³-hybridized carbons (Fsp3) is 0.389. The predicted octanol–water partition coefficient (Wildman–Crippen LogP) is 2.93. The Balaban J connectivity index is 2.34. The summed E-state index contributed by atoms with van der Waals surface area (Å²) < 4.78 is 5.13. The Labute approximate surface area is 141 Å². The van der Waals surface area contributed by atoms with Gasteiger partial charge < -0.3 is 9.84 Å². The van der Waals surface area contributed by atoms with E-state index >= 15 is 0 Å². The molecule has 6 nitrogen and oxygen atoms in total. The van der Waals surface area contributed by atoms with E-state index in [2.05, 4.69) is 37.5 Å². The molecule has 0 saturated heterocycles. The van der Waals surface area contributed by atoms with Crippen molar-refractivity contribution in [1.29, 1.82) is 0 Å². The molecular weight excluding hydrogens is 306 g/mol. The number of rotatable bonds is 5. The number of aromatic hydroxyl groups is 1. The normalized spacial score (nSPS) is 11.3. The Morgan fingerprint density at radius 3 is 2.46 bits per heavy atom. The van der Waals surface area contributed by atoms with E-state index in [1.165, 1.54) is 4.80 Å². The summed E-state index contributed by atoms with van der Waals surface area (Å²) in [6, 6.07) is 3.80. The van der Waals surface area contributed by atoms with Crippen LogP contribution in [-0.4, -0.2) is 32.7 Å². The quantitative estimate of drug-likeness (QED) is 0.674. The molecule has 1 aromatic carbocycles. The van der Waals surface area contributed by atoms with Gasteiger partial charge in [0.25, 0.3) is 0 Å². The lowest BCUT2D eigenvalue weighted by atomic mass is 9.85. The molecule has 24 heavy (non-hydrogen) atoms. The molecule has 0 bridgehead atoms. The van der Waals surface area contributed by atoms with E-state index in [0.29, 0.717) is 23.2 Å². The minimum atomic E-state index is -0.435. The van der Waals surface area contributed by atoms with E-state index in [9.17, 15) is 9.90 Å². The lowest BCUT2D eigenvalue weighted by Gasteiger charge is -2.22. The molecule has 0 saturated carbocycles. The van der Waals surface area contributed by atoms with Crippen LogP contribution in [-0.2, 0) is 21.4 Å². The Kier molecular flexibility index (Phi) is 5.07. The molecule has 2 aromatic rings. The van der Waals surface area contributed by atoms with Gasteiger partial charge in [-0.2, -0.15) is 10.2 Å². The van der Waals surface area contributed by atoms with Crippen LogP contribution >= 0.6 is 0 Å². The Hall–Kier alpha value is -2.63. The van der Waals surface area contributed by atoms with Crippen molar-refractivity contribution in [2.45, 2.75) is 39.5 Å². The number of hydrogen-bond donors (Lipinski definition) is 1. The summed E-state index contributed by atoms with van der Waals surface area (Å²) in [7, 11) is 0. The fourth-order valence-corrected chi connectivity index (χ4v) is 2.17. The number of benzene rings is 1. The van der Waals surface area contributed by atoms with Gasteiger partial charge in [-0.3, -0.25) is 0 Å². The molecule has 1 N–H and O–H groups in total. The highest BCUT2D eigenvalue weighted by Crippen LogP contribution is 2.33. The van der Waals surface area contributed by atoms with Crippen molar-refractivity contribution in [2.24, 2.45) is 0 Å². The molecule has 128 valence electrons. The first-order chi connectivity index (χ1) is 11.2. The van der Waals surface area contributed by atoms with E-state index in [1.54, 1.807) is 19.3 Å². The molecular formula is C18H23N3O3. The SMILES string of the molecule is C=C(C)C(=O)OCCc1cc(C(C)(C)C)cc(-n2nccn2)c1O. The van der Waals surface area contributed by atoms with Crippen molar-refractivity contribution in [3.05, 3.63) is 47.8 Å². The highest BCUT2D eigenvalue weighted by Gasteiger charge is 2.20. The molecule has 1 aromatic heterocycles. The molecule has 1 heterocycles. The number of hydrogen-bond acceptors (Lipinski definition) is 5. The number of phenolic OH excluding ortho intramolecular Hbond substituents is 1. The van der Waals surface area contributed by atoms with Crippen LogP contribution in [0, 0.1) is 0 Å². The van der Waals surface area contributed by atoms with Crippen molar-refractivity contribution < 1.29 is 14.6 Å². The molecule has 0 unspecified atom stereocenters. The molecule has 0 aliphatic carbocycles. The monoisotopic (exact) mass is 329 g/mol. The first-order valence-corrected chi connectivity index (χ1v) is 7.76. The van der Waals surface area contributed by atoms with Crippen molar-refractivity contribution in [2.75, 3.05) is 6.61 Å². The zero-order valence-electron chi connectivity index (χ0n) is 14.5. The number of phenols is 1. The van der Waals surface area contributed by atoms with Crippen molar-refractivity contribution >= 4 is 5.97 Å². The number of nitrogens with zero attached hydrogens (tertiary/aromatic N) is 3. The maximum absolute atomic E-state index is 11.5. The minimum Gasteiger partial charge on any atom is -0.505 e. The highest BCUT2D eigenvalue weighted by atomic mass is 16.5. The van der Waals surface area contributed by atoms with Crippen LogP contribution < -0.4 is 0 Å². The summed E-state index contributed by atoms with van der Waals surface area (Å²) in [5.74, 6) is -0.346. The van der Waals surface area contributed by atoms with Crippen molar-refractivity contribution in [3.8, 4) is 11.4 Å². The summed E-state index contributed by atoms with van der Waals surface area (Å²) in [6.07, 6.45) is 3.50. The van der Waals surface area contributed by atoms with E-state index in [0.717, 1.165) is 5.56 Å². The van der Waals surface area contributed by atoms with Crippen LogP contribution in [0.4, 0.5) is 0 Å². The average molecular weight is 329 g/mol. The summed E-state index contributed by atoms with van der Waals surface area (Å²) >= 11 is 0. The number of carbonyl (C=O) groups is 1. The molecule has 0 aliphatic rings. The molecule has 0 fully saturated rings. The maximum Gasteiger partial charge on any atom is 0.333 e. The van der Waals surface area contributed by atoms with Crippen LogP contribution in [0.2, 0.25) is 0 Å². The fourth-order valence-electron chi connectivity index (χ4n) is 2.17. The van der Waals surface area contributed by atoms with Gasteiger partial charge in [-0.25, -0.2) is 4.79 Å². The predicted molar refractivity (Wildman–Crippen MR) is 91.2 cm³/mol. The number of aromatic nitrogens is 3. The second kappa shape index (κ2) is 6.86. The Morgan fingerprint density at radius 2 is 1.92 bits per heavy atom. The van der Waals surface area contributed by atoms with E-state index in [1.807, 2.05) is 12.1 Å². The zero-order valence-corrected chi connectivity index (χ0v) is 14.5. The Bertz CT molecular complexity index is 744. The lowest BCUT2D eigenvalue weighted by Crippen LogP contribution is -2.14. The molecule has 0 spiro atoms. The van der Waals surface area contributed by atoms with Gasteiger partial charge in [0, 0.05) is 12.0 Å².